The summed E-state index contributed by atoms with van der Waals surface area (Å²) in [5.41, 5.74) is 0.654. The van der Waals surface area contributed by atoms with Gasteiger partial charge >= 0.3 is 0 Å². The smallest absolute Gasteiger partial charge is 0.254 e. The number of amides is 1. The van der Waals surface area contributed by atoms with Gasteiger partial charge in [0.1, 0.15) is 11.5 Å². The number of thiophene rings is 1. The largest absolute Gasteiger partial charge is 0.457 e. The summed E-state index contributed by atoms with van der Waals surface area (Å²) in [6.07, 6.45) is 0. The highest BCUT2D eigenvalue weighted by Crippen LogP contribution is 2.26. The van der Waals surface area contributed by atoms with Crippen LogP contribution in [0.1, 0.15) is 28.2 Å². The van der Waals surface area contributed by atoms with Gasteiger partial charge < -0.3 is 9.64 Å². The highest BCUT2D eigenvalue weighted by Gasteiger charge is 2.19. The number of ether oxygens (including phenoxy) is 1. The average Bonchev–Trinajstić information content (AvgIpc) is 3.16. The first-order chi connectivity index (χ1) is 11.6. The van der Waals surface area contributed by atoms with E-state index in [9.17, 15) is 4.79 Å². The number of carbonyl (C=O) groups is 1. The third-order valence-corrected chi connectivity index (χ3v) is 4.98. The summed E-state index contributed by atoms with van der Waals surface area (Å²) in [7, 11) is 1.83. The molecule has 0 aliphatic carbocycles. The zero-order valence-electron chi connectivity index (χ0n) is 13.7. The normalized spacial score (nSPS) is 11.8. The molecule has 2 aromatic carbocycles. The van der Waals surface area contributed by atoms with Crippen molar-refractivity contribution in [2.75, 3.05) is 7.05 Å². The molecule has 0 aliphatic heterocycles. The Bertz CT molecular complexity index is 782. The van der Waals surface area contributed by atoms with Crippen LogP contribution in [0.4, 0.5) is 0 Å². The lowest BCUT2D eigenvalue weighted by Crippen LogP contribution is -2.29. The summed E-state index contributed by atoms with van der Waals surface area (Å²) in [5.74, 6) is 1.49. The van der Waals surface area contributed by atoms with Gasteiger partial charge in [-0.05, 0) is 54.8 Å². The fourth-order valence-corrected chi connectivity index (χ4v) is 3.22. The molecule has 0 bridgehead atoms. The number of para-hydroxylation sites is 1. The lowest BCUT2D eigenvalue weighted by atomic mass is 10.1. The van der Waals surface area contributed by atoms with Gasteiger partial charge in [-0.15, -0.1) is 11.3 Å². The Kier molecular flexibility index (Phi) is 4.96. The van der Waals surface area contributed by atoms with E-state index in [1.54, 1.807) is 28.4 Å². The van der Waals surface area contributed by atoms with E-state index >= 15 is 0 Å². The highest BCUT2D eigenvalue weighted by atomic mass is 32.1. The van der Waals surface area contributed by atoms with Crippen molar-refractivity contribution in [1.29, 1.82) is 0 Å². The molecule has 0 spiro atoms. The molecule has 0 saturated heterocycles. The Hall–Kier alpha value is -2.59. The molecule has 122 valence electrons. The maximum absolute atomic E-state index is 12.6. The summed E-state index contributed by atoms with van der Waals surface area (Å²) in [6.45, 7) is 2.04. The third-order valence-electron chi connectivity index (χ3n) is 3.94. The third kappa shape index (κ3) is 3.66. The molecular weight excluding hydrogens is 318 g/mol. The number of hydrogen-bond acceptors (Lipinski definition) is 3. The van der Waals surface area contributed by atoms with Gasteiger partial charge in [-0.1, -0.05) is 24.3 Å². The highest BCUT2D eigenvalue weighted by molar-refractivity contribution is 7.10. The van der Waals surface area contributed by atoms with Crippen LogP contribution in [0, 0.1) is 0 Å². The van der Waals surface area contributed by atoms with Gasteiger partial charge in [-0.25, -0.2) is 0 Å². The van der Waals surface area contributed by atoms with Crippen LogP contribution in [0.2, 0.25) is 0 Å². The molecule has 1 aromatic heterocycles. The first-order valence-corrected chi connectivity index (χ1v) is 8.66. The maximum Gasteiger partial charge on any atom is 0.254 e. The molecule has 3 aromatic rings. The van der Waals surface area contributed by atoms with Crippen LogP contribution in [0.5, 0.6) is 11.5 Å². The molecule has 0 saturated carbocycles. The van der Waals surface area contributed by atoms with Crippen molar-refractivity contribution < 1.29 is 9.53 Å². The number of hydrogen-bond donors (Lipinski definition) is 0. The molecule has 24 heavy (non-hydrogen) atoms. The first-order valence-electron chi connectivity index (χ1n) is 7.78. The standard InChI is InChI=1S/C20H19NO2S/c1-15(19-9-6-14-24-19)21(2)20(22)16-10-12-18(13-11-16)23-17-7-4-3-5-8-17/h3-15H,1-2H3. The average molecular weight is 337 g/mol. The minimum Gasteiger partial charge on any atom is -0.457 e. The van der Waals surface area contributed by atoms with Gasteiger partial charge in [-0.3, -0.25) is 4.79 Å². The zero-order valence-corrected chi connectivity index (χ0v) is 14.5. The molecule has 1 atom stereocenters. The SMILES string of the molecule is CC(c1cccs1)N(C)C(=O)c1ccc(Oc2ccccc2)cc1. The number of carbonyl (C=O) groups excluding carboxylic acids is 1. The summed E-state index contributed by atoms with van der Waals surface area (Å²) in [4.78, 5) is 15.6. The fraction of sp³-hybridized carbons (Fsp3) is 0.150. The molecular formula is C20H19NO2S. The van der Waals surface area contributed by atoms with Gasteiger partial charge in [-0.2, -0.15) is 0 Å². The number of benzene rings is 2. The second kappa shape index (κ2) is 7.32. The summed E-state index contributed by atoms with van der Waals surface area (Å²) < 4.78 is 5.76. The van der Waals surface area contributed by atoms with Crippen molar-refractivity contribution >= 4 is 17.2 Å². The topological polar surface area (TPSA) is 29.5 Å². The van der Waals surface area contributed by atoms with E-state index in [1.165, 1.54) is 4.88 Å². The maximum atomic E-state index is 12.6. The van der Waals surface area contributed by atoms with Gasteiger partial charge in [0.05, 0.1) is 6.04 Å². The fourth-order valence-electron chi connectivity index (χ4n) is 2.39. The summed E-state index contributed by atoms with van der Waals surface area (Å²) >= 11 is 1.66. The summed E-state index contributed by atoms with van der Waals surface area (Å²) in [6, 6.07) is 21.0. The van der Waals surface area contributed by atoms with Crippen LogP contribution in [0.3, 0.4) is 0 Å². The van der Waals surface area contributed by atoms with E-state index in [4.69, 9.17) is 4.74 Å². The van der Waals surface area contributed by atoms with Crippen LogP contribution < -0.4 is 4.74 Å². The van der Waals surface area contributed by atoms with Gasteiger partial charge in [0, 0.05) is 17.5 Å². The predicted octanol–water partition coefficient (Wildman–Crippen LogP) is 5.37. The second-order valence-corrected chi connectivity index (χ2v) is 6.53. The van der Waals surface area contributed by atoms with Crippen molar-refractivity contribution in [1.82, 2.24) is 4.90 Å². The molecule has 3 rings (SSSR count). The summed E-state index contributed by atoms with van der Waals surface area (Å²) in [5, 5.41) is 2.03. The zero-order chi connectivity index (χ0) is 16.9. The van der Waals surface area contributed by atoms with Crippen LogP contribution in [0.15, 0.2) is 72.1 Å². The lowest BCUT2D eigenvalue weighted by molar-refractivity contribution is 0.0745. The van der Waals surface area contributed by atoms with Crippen LogP contribution in [-0.2, 0) is 0 Å². The van der Waals surface area contributed by atoms with Crippen LogP contribution in [0.25, 0.3) is 0 Å². The molecule has 1 amide bonds. The second-order valence-electron chi connectivity index (χ2n) is 5.55. The molecule has 4 heteroatoms. The number of rotatable bonds is 5. The van der Waals surface area contributed by atoms with E-state index < -0.39 is 0 Å². The Morgan fingerprint density at radius 2 is 1.62 bits per heavy atom. The van der Waals surface area contributed by atoms with E-state index in [1.807, 2.05) is 67.9 Å². The van der Waals surface area contributed by atoms with Crippen LogP contribution >= 0.6 is 11.3 Å². The van der Waals surface area contributed by atoms with Crippen molar-refractivity contribution in [3.63, 3.8) is 0 Å². The molecule has 0 fully saturated rings. The predicted molar refractivity (Wildman–Crippen MR) is 97.8 cm³/mol. The molecule has 0 aliphatic rings. The van der Waals surface area contributed by atoms with Crippen LogP contribution in [-0.4, -0.2) is 17.9 Å². The monoisotopic (exact) mass is 337 g/mol. The van der Waals surface area contributed by atoms with Crippen molar-refractivity contribution in [3.8, 4) is 11.5 Å². The minimum absolute atomic E-state index is 0.00200. The molecule has 0 N–H and O–H groups in total. The Morgan fingerprint density at radius 3 is 2.25 bits per heavy atom. The molecule has 1 unspecified atom stereocenters. The lowest BCUT2D eigenvalue weighted by Gasteiger charge is -2.24. The first kappa shape index (κ1) is 16.3. The van der Waals surface area contributed by atoms with E-state index in [-0.39, 0.29) is 11.9 Å². The Balaban J connectivity index is 1.69. The van der Waals surface area contributed by atoms with Crippen molar-refractivity contribution in [3.05, 3.63) is 82.6 Å². The minimum atomic E-state index is 0.00200. The molecule has 0 radical (unpaired) electrons. The van der Waals surface area contributed by atoms with Crippen molar-refractivity contribution in [2.24, 2.45) is 0 Å². The number of nitrogens with zero attached hydrogens (tertiary/aromatic N) is 1. The van der Waals surface area contributed by atoms with Gasteiger partial charge in [0.25, 0.3) is 5.91 Å². The van der Waals surface area contributed by atoms with E-state index in [0.717, 1.165) is 5.75 Å². The van der Waals surface area contributed by atoms with Gasteiger partial charge in [0.15, 0.2) is 0 Å². The Labute approximate surface area is 146 Å². The quantitative estimate of drug-likeness (QED) is 0.626. The molecule has 1 heterocycles. The van der Waals surface area contributed by atoms with Gasteiger partial charge in [0.2, 0.25) is 0 Å². The van der Waals surface area contributed by atoms with E-state index in [0.29, 0.717) is 11.3 Å². The Morgan fingerprint density at radius 1 is 0.958 bits per heavy atom. The van der Waals surface area contributed by atoms with Crippen molar-refractivity contribution in [2.45, 2.75) is 13.0 Å². The molecule has 3 nitrogen and oxygen atoms in total. The van der Waals surface area contributed by atoms with E-state index in [2.05, 4.69) is 6.07 Å².